The minimum atomic E-state index is -0.354. The number of nitrogens with zero attached hydrogens (tertiary/aromatic N) is 3. The van der Waals surface area contributed by atoms with E-state index in [1.54, 1.807) is 0 Å². The van der Waals surface area contributed by atoms with Gasteiger partial charge in [-0.05, 0) is 45.7 Å². The zero-order valence-electron chi connectivity index (χ0n) is 8.09. The lowest BCUT2D eigenvalue weighted by molar-refractivity contribution is 0.627. The summed E-state index contributed by atoms with van der Waals surface area (Å²) in [6.07, 6.45) is 0. The van der Waals surface area contributed by atoms with Gasteiger partial charge in [0.15, 0.2) is 11.0 Å². The predicted molar refractivity (Wildman–Crippen MR) is 67.2 cm³/mol. The van der Waals surface area contributed by atoms with E-state index in [0.29, 0.717) is 10.2 Å². The van der Waals surface area contributed by atoms with Crippen molar-refractivity contribution in [1.82, 2.24) is 15.2 Å². The summed E-state index contributed by atoms with van der Waals surface area (Å²) in [5.41, 5.74) is 0.588. The predicted octanol–water partition coefficient (Wildman–Crippen LogP) is 3.82. The van der Waals surface area contributed by atoms with E-state index in [9.17, 15) is 4.39 Å². The van der Waals surface area contributed by atoms with Crippen LogP contribution in [0.3, 0.4) is 0 Å². The molecule has 1 aromatic carbocycles. The van der Waals surface area contributed by atoms with Crippen LogP contribution in [0.4, 0.5) is 15.9 Å². The molecule has 4 nitrogen and oxygen atoms in total. The van der Waals surface area contributed by atoms with E-state index in [1.165, 1.54) is 18.2 Å². The van der Waals surface area contributed by atoms with Crippen LogP contribution in [0.25, 0.3) is 0 Å². The molecule has 0 aliphatic carbocycles. The molecule has 0 saturated carbocycles. The molecule has 0 radical (unpaired) electrons. The summed E-state index contributed by atoms with van der Waals surface area (Å²) >= 11 is 14.6. The van der Waals surface area contributed by atoms with Gasteiger partial charge in [-0.25, -0.2) is 4.39 Å². The summed E-state index contributed by atoms with van der Waals surface area (Å²) in [4.78, 5) is 3.87. The maximum atomic E-state index is 12.9. The average Bonchev–Trinajstić information content (AvgIpc) is 2.27. The number of hydrogen-bond donors (Lipinski definition) is 1. The Kier molecular flexibility index (Phi) is 3.76. The molecule has 2 rings (SSSR count). The zero-order chi connectivity index (χ0) is 12.4. The fourth-order valence-corrected chi connectivity index (χ4v) is 1.79. The first kappa shape index (κ1) is 12.5. The SMILES string of the molecule is Fc1ccc(Nc2nc(Cl)nnc2Cl)c(Br)c1. The molecule has 2 aromatic rings. The molecular weight excluding hydrogens is 334 g/mol. The van der Waals surface area contributed by atoms with Crippen molar-refractivity contribution in [1.29, 1.82) is 0 Å². The van der Waals surface area contributed by atoms with Gasteiger partial charge in [0.05, 0.1) is 5.69 Å². The third kappa shape index (κ3) is 3.02. The fourth-order valence-electron chi connectivity index (χ4n) is 1.09. The molecule has 0 amide bonds. The van der Waals surface area contributed by atoms with E-state index in [1.807, 2.05) is 0 Å². The number of halogens is 4. The Hall–Kier alpha value is -0.980. The van der Waals surface area contributed by atoms with E-state index >= 15 is 0 Å². The van der Waals surface area contributed by atoms with Crippen molar-refractivity contribution >= 4 is 50.6 Å². The molecule has 17 heavy (non-hydrogen) atoms. The normalized spacial score (nSPS) is 10.4. The van der Waals surface area contributed by atoms with Crippen molar-refractivity contribution in [3.8, 4) is 0 Å². The third-order valence-corrected chi connectivity index (χ3v) is 2.87. The Labute approximate surface area is 114 Å². The summed E-state index contributed by atoms with van der Waals surface area (Å²) < 4.78 is 13.4. The van der Waals surface area contributed by atoms with E-state index in [4.69, 9.17) is 23.2 Å². The zero-order valence-corrected chi connectivity index (χ0v) is 11.2. The van der Waals surface area contributed by atoms with Gasteiger partial charge in [0.25, 0.3) is 0 Å². The molecule has 1 heterocycles. The lowest BCUT2D eigenvalue weighted by Gasteiger charge is -2.08. The first-order valence-electron chi connectivity index (χ1n) is 4.34. The molecule has 0 spiro atoms. The van der Waals surface area contributed by atoms with Gasteiger partial charge in [-0.3, -0.25) is 0 Å². The minimum absolute atomic E-state index is 0.0323. The molecule has 0 aliphatic rings. The molecule has 0 atom stereocenters. The van der Waals surface area contributed by atoms with Crippen LogP contribution >= 0.6 is 39.1 Å². The van der Waals surface area contributed by atoms with Crippen LogP contribution in [-0.4, -0.2) is 15.2 Å². The summed E-state index contributed by atoms with van der Waals surface area (Å²) in [5, 5.41) is 9.98. The van der Waals surface area contributed by atoms with Gasteiger partial charge in [0, 0.05) is 4.47 Å². The van der Waals surface area contributed by atoms with Crippen molar-refractivity contribution < 1.29 is 4.39 Å². The van der Waals surface area contributed by atoms with Crippen molar-refractivity contribution in [2.24, 2.45) is 0 Å². The quantitative estimate of drug-likeness (QED) is 0.905. The van der Waals surface area contributed by atoms with Crippen molar-refractivity contribution in [3.63, 3.8) is 0 Å². The van der Waals surface area contributed by atoms with Gasteiger partial charge < -0.3 is 5.32 Å². The molecule has 0 unspecified atom stereocenters. The molecule has 0 fully saturated rings. The number of hydrogen-bond acceptors (Lipinski definition) is 4. The van der Waals surface area contributed by atoms with Gasteiger partial charge >= 0.3 is 0 Å². The van der Waals surface area contributed by atoms with E-state index < -0.39 is 0 Å². The third-order valence-electron chi connectivity index (χ3n) is 1.80. The molecule has 1 aromatic heterocycles. The molecule has 0 bridgehead atoms. The van der Waals surface area contributed by atoms with Crippen LogP contribution in [0.1, 0.15) is 0 Å². The van der Waals surface area contributed by atoms with Crippen LogP contribution in [0.5, 0.6) is 0 Å². The van der Waals surface area contributed by atoms with Crippen molar-refractivity contribution in [2.45, 2.75) is 0 Å². The van der Waals surface area contributed by atoms with Crippen LogP contribution < -0.4 is 5.32 Å². The highest BCUT2D eigenvalue weighted by Gasteiger charge is 2.08. The summed E-state index contributed by atoms with van der Waals surface area (Å²) in [5.74, 6) is -0.105. The Morgan fingerprint density at radius 1 is 1.24 bits per heavy atom. The van der Waals surface area contributed by atoms with Crippen molar-refractivity contribution in [3.05, 3.63) is 38.9 Å². The van der Waals surface area contributed by atoms with E-state index in [2.05, 4.69) is 36.4 Å². The Balaban J connectivity index is 2.34. The second-order valence-corrected chi connectivity index (χ2v) is 4.52. The van der Waals surface area contributed by atoms with Gasteiger partial charge in [0.2, 0.25) is 5.28 Å². The maximum absolute atomic E-state index is 12.9. The number of anilines is 2. The highest BCUT2D eigenvalue weighted by atomic mass is 79.9. The summed E-state index contributed by atoms with van der Waals surface area (Å²) in [6, 6.07) is 4.15. The smallest absolute Gasteiger partial charge is 0.245 e. The van der Waals surface area contributed by atoms with Crippen LogP contribution in [0.2, 0.25) is 10.4 Å². The first-order chi connectivity index (χ1) is 8.06. The Morgan fingerprint density at radius 3 is 2.71 bits per heavy atom. The van der Waals surface area contributed by atoms with Crippen LogP contribution in [-0.2, 0) is 0 Å². The van der Waals surface area contributed by atoms with Crippen LogP contribution in [0.15, 0.2) is 22.7 Å². The van der Waals surface area contributed by atoms with E-state index in [0.717, 1.165) is 0 Å². The second kappa shape index (κ2) is 5.12. The standard InChI is InChI=1S/C9H4BrCl2FN4/c10-5-3-4(13)1-2-6(5)14-8-7(11)16-17-9(12)15-8/h1-3H,(H,14,15,17). The largest absolute Gasteiger partial charge is 0.337 e. The maximum Gasteiger partial charge on any atom is 0.245 e. The van der Waals surface area contributed by atoms with E-state index in [-0.39, 0.29) is 22.1 Å². The van der Waals surface area contributed by atoms with Gasteiger partial charge in [0.1, 0.15) is 5.82 Å². The number of rotatable bonds is 2. The minimum Gasteiger partial charge on any atom is -0.337 e. The first-order valence-corrected chi connectivity index (χ1v) is 5.89. The highest BCUT2D eigenvalue weighted by Crippen LogP contribution is 2.28. The lowest BCUT2D eigenvalue weighted by atomic mass is 10.3. The second-order valence-electron chi connectivity index (χ2n) is 2.97. The molecular formula is C9H4BrCl2FN4. The molecule has 88 valence electrons. The number of benzene rings is 1. The van der Waals surface area contributed by atoms with Gasteiger partial charge in [-0.15, -0.1) is 10.2 Å². The van der Waals surface area contributed by atoms with Gasteiger partial charge in [-0.2, -0.15) is 4.98 Å². The average molecular weight is 338 g/mol. The highest BCUT2D eigenvalue weighted by molar-refractivity contribution is 9.10. The summed E-state index contributed by atoms with van der Waals surface area (Å²) in [6.45, 7) is 0. The van der Waals surface area contributed by atoms with Crippen LogP contribution in [0, 0.1) is 5.82 Å². The lowest BCUT2D eigenvalue weighted by Crippen LogP contribution is -1.99. The topological polar surface area (TPSA) is 50.7 Å². The Morgan fingerprint density at radius 2 is 2.00 bits per heavy atom. The number of aromatic nitrogens is 3. The fraction of sp³-hybridized carbons (Fsp3) is 0. The molecule has 0 aliphatic heterocycles. The Bertz CT molecular complexity index is 567. The monoisotopic (exact) mass is 336 g/mol. The molecule has 0 saturated heterocycles. The summed E-state index contributed by atoms with van der Waals surface area (Å²) in [7, 11) is 0. The molecule has 1 N–H and O–H groups in total. The molecule has 8 heteroatoms. The number of nitrogens with one attached hydrogen (secondary N) is 1. The van der Waals surface area contributed by atoms with Crippen molar-refractivity contribution in [2.75, 3.05) is 5.32 Å². The van der Waals surface area contributed by atoms with Gasteiger partial charge in [-0.1, -0.05) is 11.6 Å².